The summed E-state index contributed by atoms with van der Waals surface area (Å²) in [5, 5.41) is 3.20. The molecular weight excluding hydrogens is 366 g/mol. The number of ether oxygens (including phenoxy) is 1. The van der Waals surface area contributed by atoms with E-state index in [1.54, 1.807) is 12.4 Å². The van der Waals surface area contributed by atoms with E-state index in [1.807, 2.05) is 49.0 Å². The Morgan fingerprint density at radius 2 is 2.10 bits per heavy atom. The van der Waals surface area contributed by atoms with Gasteiger partial charge in [-0.1, -0.05) is 13.8 Å². The average Bonchev–Trinajstić information content (AvgIpc) is 3.19. The van der Waals surface area contributed by atoms with Crippen LogP contribution in [0.5, 0.6) is 5.88 Å². The van der Waals surface area contributed by atoms with Crippen LogP contribution in [0, 0.1) is 5.92 Å². The van der Waals surface area contributed by atoms with Crippen LogP contribution < -0.4 is 14.3 Å². The lowest BCUT2D eigenvalue weighted by molar-refractivity contribution is -0.746. The zero-order valence-corrected chi connectivity index (χ0v) is 17.0. The molecular formula is C22H26N5O2+. The number of aryl methyl sites for hydroxylation is 1. The number of nitrogens with one attached hydrogen (secondary N) is 1. The van der Waals surface area contributed by atoms with E-state index in [2.05, 4.69) is 33.1 Å². The smallest absolute Gasteiger partial charge is 0.214 e. The van der Waals surface area contributed by atoms with E-state index in [4.69, 9.17) is 4.74 Å². The van der Waals surface area contributed by atoms with Crippen LogP contribution in [0.25, 0.3) is 11.1 Å². The number of nitrogens with zero attached hydrogens (tertiary/aromatic N) is 4. The van der Waals surface area contributed by atoms with Crippen LogP contribution in [0.2, 0.25) is 0 Å². The van der Waals surface area contributed by atoms with Gasteiger partial charge < -0.3 is 9.64 Å². The summed E-state index contributed by atoms with van der Waals surface area (Å²) in [6, 6.07) is 7.70. The van der Waals surface area contributed by atoms with Crippen molar-refractivity contribution in [2.75, 3.05) is 18.0 Å². The van der Waals surface area contributed by atoms with Crippen LogP contribution in [-0.2, 0) is 6.54 Å². The number of carbonyl (C=O) groups excluding carboxylic acids is 1. The van der Waals surface area contributed by atoms with Crippen molar-refractivity contribution in [2.24, 2.45) is 5.92 Å². The maximum atomic E-state index is 12.0. The Morgan fingerprint density at radius 1 is 1.28 bits per heavy atom. The summed E-state index contributed by atoms with van der Waals surface area (Å²) in [5.41, 5.74) is 2.84. The fraction of sp³-hybridized carbons (Fsp3) is 0.364. The first-order valence-electron chi connectivity index (χ1n) is 9.99. The molecule has 0 aliphatic carbocycles. The molecule has 4 heterocycles. The van der Waals surface area contributed by atoms with Crippen LogP contribution in [0.15, 0.2) is 49.1 Å². The van der Waals surface area contributed by atoms with Crippen LogP contribution in [0.1, 0.15) is 31.1 Å². The predicted molar refractivity (Wildman–Crippen MR) is 110 cm³/mol. The highest BCUT2D eigenvalue weighted by molar-refractivity contribution is 5.97. The third-order valence-corrected chi connectivity index (χ3v) is 5.11. The molecule has 1 aliphatic heterocycles. The zero-order chi connectivity index (χ0) is 20.4. The molecule has 3 aromatic rings. The van der Waals surface area contributed by atoms with Crippen molar-refractivity contribution >= 4 is 11.6 Å². The number of aromatic amines is 1. The number of aromatic nitrogens is 4. The Balaban J connectivity index is 1.35. The summed E-state index contributed by atoms with van der Waals surface area (Å²) < 4.78 is 8.06. The summed E-state index contributed by atoms with van der Waals surface area (Å²) in [6.07, 6.45) is 7.56. The van der Waals surface area contributed by atoms with E-state index < -0.39 is 0 Å². The molecule has 7 nitrogen and oxygen atoms in total. The first-order chi connectivity index (χ1) is 14.0. The maximum absolute atomic E-state index is 12.0. The van der Waals surface area contributed by atoms with Gasteiger partial charge in [-0.05, 0) is 30.7 Å². The number of Topliss-reactive ketones (excluding diaryl/α,β-unsaturated/α-hetero) is 1. The van der Waals surface area contributed by atoms with Crippen LogP contribution in [-0.4, -0.2) is 40.0 Å². The van der Waals surface area contributed by atoms with Crippen molar-refractivity contribution in [2.45, 2.75) is 33.4 Å². The molecule has 0 unspecified atom stereocenters. The van der Waals surface area contributed by atoms with E-state index in [0.29, 0.717) is 11.4 Å². The third-order valence-electron chi connectivity index (χ3n) is 5.11. The van der Waals surface area contributed by atoms with E-state index in [0.717, 1.165) is 36.6 Å². The molecule has 0 saturated carbocycles. The number of rotatable bonds is 7. The Labute approximate surface area is 170 Å². The standard InChI is InChI=1S/C22H25N5O2/c1-4-27-12-18(11-25-27)16-7-8-23-21(9-16)29-19-13-26(14-19)20-6-5-17(10-24-20)22(28)15(2)3/h5-12,15,19H,4,13-14H2,1-3H3/p+1. The molecule has 0 amide bonds. The molecule has 0 atom stereocenters. The number of carbonyl (C=O) groups is 1. The second-order valence-electron chi connectivity index (χ2n) is 7.60. The minimum atomic E-state index is -0.0221. The molecule has 7 heteroatoms. The first kappa shape index (κ1) is 19.1. The van der Waals surface area contributed by atoms with Gasteiger partial charge in [0.2, 0.25) is 12.1 Å². The Bertz CT molecular complexity index is 990. The number of hydrogen-bond donors (Lipinski definition) is 1. The first-order valence-corrected chi connectivity index (χ1v) is 9.99. The van der Waals surface area contributed by atoms with Crippen LogP contribution in [0.3, 0.4) is 0 Å². The molecule has 0 spiro atoms. The number of ketones is 1. The van der Waals surface area contributed by atoms with Crippen molar-refractivity contribution in [1.29, 1.82) is 0 Å². The number of H-pyrrole nitrogens is 1. The minimum Gasteiger partial charge on any atom is -0.471 e. The van der Waals surface area contributed by atoms with Crippen molar-refractivity contribution in [3.8, 4) is 17.0 Å². The summed E-state index contributed by atoms with van der Waals surface area (Å²) in [7, 11) is 0. The monoisotopic (exact) mass is 392 g/mol. The lowest BCUT2D eigenvalue weighted by Crippen LogP contribution is -2.54. The summed E-state index contributed by atoms with van der Waals surface area (Å²) in [5.74, 6) is 1.59. The molecule has 29 heavy (non-hydrogen) atoms. The van der Waals surface area contributed by atoms with Gasteiger partial charge in [0.25, 0.3) is 0 Å². The number of hydrogen-bond acceptors (Lipinski definition) is 5. The lowest BCUT2D eigenvalue weighted by atomic mass is 10.0. The highest BCUT2D eigenvalue weighted by Crippen LogP contribution is 2.25. The van der Waals surface area contributed by atoms with Gasteiger partial charge in [0.05, 0.1) is 24.8 Å². The van der Waals surface area contributed by atoms with Gasteiger partial charge in [-0.25, -0.2) is 9.97 Å². The second-order valence-corrected chi connectivity index (χ2v) is 7.60. The predicted octanol–water partition coefficient (Wildman–Crippen LogP) is 2.89. The van der Waals surface area contributed by atoms with E-state index in [1.165, 1.54) is 0 Å². The van der Waals surface area contributed by atoms with Gasteiger partial charge in [-0.2, -0.15) is 5.10 Å². The molecule has 150 valence electrons. The van der Waals surface area contributed by atoms with Crippen molar-refractivity contribution in [1.82, 2.24) is 15.1 Å². The average molecular weight is 392 g/mol. The maximum Gasteiger partial charge on any atom is 0.214 e. The van der Waals surface area contributed by atoms with Crippen molar-refractivity contribution in [3.63, 3.8) is 0 Å². The molecule has 0 radical (unpaired) electrons. The van der Waals surface area contributed by atoms with Gasteiger partial charge in [0.15, 0.2) is 12.3 Å². The molecule has 0 bridgehead atoms. The lowest BCUT2D eigenvalue weighted by Gasteiger charge is -2.39. The highest BCUT2D eigenvalue weighted by atomic mass is 16.5. The summed E-state index contributed by atoms with van der Waals surface area (Å²) in [4.78, 5) is 22.9. The van der Waals surface area contributed by atoms with Gasteiger partial charge >= 0.3 is 0 Å². The molecule has 1 aliphatic rings. The van der Waals surface area contributed by atoms with Crippen LogP contribution in [0.4, 0.5) is 5.82 Å². The Hall–Kier alpha value is -3.22. The molecule has 1 N–H and O–H groups in total. The van der Waals surface area contributed by atoms with Gasteiger partial charge in [-0.3, -0.25) is 4.79 Å². The largest absolute Gasteiger partial charge is 0.471 e. The normalized spacial score (nSPS) is 14.1. The van der Waals surface area contributed by atoms with E-state index in [9.17, 15) is 4.79 Å². The number of anilines is 1. The third kappa shape index (κ3) is 4.13. The second kappa shape index (κ2) is 8.03. The summed E-state index contributed by atoms with van der Waals surface area (Å²) in [6.45, 7) is 8.27. The molecule has 1 fully saturated rings. The van der Waals surface area contributed by atoms with E-state index in [-0.39, 0.29) is 17.8 Å². The van der Waals surface area contributed by atoms with Gasteiger partial charge in [-0.15, -0.1) is 4.68 Å². The fourth-order valence-corrected chi connectivity index (χ4v) is 3.31. The minimum absolute atomic E-state index is 0.0221. The van der Waals surface area contributed by atoms with E-state index >= 15 is 0 Å². The molecule has 0 aromatic carbocycles. The molecule has 3 aromatic heterocycles. The fourth-order valence-electron chi connectivity index (χ4n) is 3.31. The van der Waals surface area contributed by atoms with Gasteiger partial charge in [0, 0.05) is 29.9 Å². The summed E-state index contributed by atoms with van der Waals surface area (Å²) >= 11 is 0. The van der Waals surface area contributed by atoms with Crippen molar-refractivity contribution < 1.29 is 14.2 Å². The Kier molecular flexibility index (Phi) is 5.29. The quantitative estimate of drug-likeness (QED) is 0.494. The van der Waals surface area contributed by atoms with Crippen molar-refractivity contribution in [3.05, 3.63) is 54.6 Å². The zero-order valence-electron chi connectivity index (χ0n) is 17.0. The molecule has 4 rings (SSSR count). The number of pyridine rings is 2. The Morgan fingerprint density at radius 3 is 2.76 bits per heavy atom. The van der Waals surface area contributed by atoms with Crippen LogP contribution >= 0.6 is 0 Å². The molecule has 1 saturated heterocycles. The van der Waals surface area contributed by atoms with Gasteiger partial charge in [0.1, 0.15) is 11.9 Å². The topological polar surface area (TPSA) is 75.0 Å². The SMILES string of the molecule is CC[n+]1cc(-c2ccnc(OC3CN(c4ccc(C(=O)C(C)C)cn4)C3)c2)c[nH]1. The highest BCUT2D eigenvalue weighted by Gasteiger charge is 2.30.